The van der Waals surface area contributed by atoms with Crippen LogP contribution in [0.25, 0.3) is 0 Å². The second kappa shape index (κ2) is 5.06. The Morgan fingerprint density at radius 1 is 1.48 bits per heavy atom. The predicted octanol–water partition coefficient (Wildman–Crippen LogP) is 2.19. The van der Waals surface area contributed by atoms with E-state index in [0.717, 1.165) is 36.2 Å². The lowest BCUT2D eigenvalue weighted by molar-refractivity contribution is -0.148. The van der Waals surface area contributed by atoms with Crippen molar-refractivity contribution in [2.75, 3.05) is 18.5 Å². The summed E-state index contributed by atoms with van der Waals surface area (Å²) in [5, 5.41) is 3.07. The average Bonchev–Trinajstić information content (AvgIpc) is 3.17. The molecule has 122 valence electrons. The van der Waals surface area contributed by atoms with Gasteiger partial charge < -0.3 is 10.1 Å². The topological polar surface area (TPSA) is 58.6 Å². The number of carbonyl (C=O) groups is 2. The highest BCUT2D eigenvalue weighted by molar-refractivity contribution is 6.07. The van der Waals surface area contributed by atoms with E-state index in [1.54, 1.807) is 0 Å². The van der Waals surface area contributed by atoms with Crippen LogP contribution in [0.3, 0.4) is 0 Å². The number of ether oxygens (including phenoxy) is 1. The lowest BCUT2D eigenvalue weighted by Gasteiger charge is -2.32. The molecule has 0 radical (unpaired) electrons. The van der Waals surface area contributed by atoms with Gasteiger partial charge in [0.25, 0.3) is 0 Å². The van der Waals surface area contributed by atoms with E-state index in [9.17, 15) is 9.59 Å². The van der Waals surface area contributed by atoms with Crippen molar-refractivity contribution in [2.45, 2.75) is 44.7 Å². The predicted molar refractivity (Wildman–Crippen MR) is 86.0 cm³/mol. The molecule has 1 N–H and O–H groups in total. The molecule has 1 amide bonds. The Hall–Kier alpha value is -1.88. The molecule has 5 nitrogen and oxygen atoms in total. The maximum Gasteiger partial charge on any atom is 0.310 e. The highest BCUT2D eigenvalue weighted by Crippen LogP contribution is 2.54. The van der Waals surface area contributed by atoms with Crippen molar-refractivity contribution in [3.05, 3.63) is 29.3 Å². The van der Waals surface area contributed by atoms with Crippen LogP contribution in [0, 0.1) is 12.8 Å². The van der Waals surface area contributed by atoms with Crippen molar-refractivity contribution >= 4 is 17.6 Å². The van der Waals surface area contributed by atoms with Crippen LogP contribution in [0.15, 0.2) is 18.2 Å². The molecule has 2 saturated heterocycles. The molecule has 0 saturated carbocycles. The van der Waals surface area contributed by atoms with Crippen molar-refractivity contribution in [3.8, 4) is 0 Å². The average molecular weight is 314 g/mol. The van der Waals surface area contributed by atoms with Crippen molar-refractivity contribution < 1.29 is 14.3 Å². The van der Waals surface area contributed by atoms with E-state index in [1.165, 1.54) is 0 Å². The molecule has 0 unspecified atom stereocenters. The number of benzene rings is 1. The molecule has 0 aliphatic carbocycles. The molecule has 2 fully saturated rings. The van der Waals surface area contributed by atoms with Gasteiger partial charge in [0, 0.05) is 17.3 Å². The van der Waals surface area contributed by atoms with Gasteiger partial charge in [-0.15, -0.1) is 0 Å². The summed E-state index contributed by atoms with van der Waals surface area (Å²) in [6.45, 7) is 5.09. The number of rotatable bonds is 2. The number of amides is 1. The molecule has 5 heteroatoms. The fourth-order valence-electron chi connectivity index (χ4n) is 4.75. The molecule has 3 aliphatic heterocycles. The summed E-state index contributed by atoms with van der Waals surface area (Å²) in [4.78, 5) is 27.7. The van der Waals surface area contributed by atoms with Gasteiger partial charge in [0.15, 0.2) is 0 Å². The second-order valence-electron chi connectivity index (χ2n) is 6.78. The van der Waals surface area contributed by atoms with Gasteiger partial charge in [-0.2, -0.15) is 0 Å². The third kappa shape index (κ3) is 1.83. The van der Waals surface area contributed by atoms with Gasteiger partial charge in [0.1, 0.15) is 5.54 Å². The highest BCUT2D eigenvalue weighted by Gasteiger charge is 2.63. The Morgan fingerprint density at radius 3 is 3.09 bits per heavy atom. The summed E-state index contributed by atoms with van der Waals surface area (Å²) < 4.78 is 5.29. The number of nitrogens with one attached hydrogen (secondary N) is 1. The Bertz CT molecular complexity index is 687. The minimum Gasteiger partial charge on any atom is -0.466 e. The number of para-hydroxylation sites is 1. The van der Waals surface area contributed by atoms with Gasteiger partial charge in [0.05, 0.1) is 12.5 Å². The van der Waals surface area contributed by atoms with Gasteiger partial charge in [-0.25, -0.2) is 0 Å². The van der Waals surface area contributed by atoms with E-state index >= 15 is 0 Å². The zero-order chi connectivity index (χ0) is 16.2. The summed E-state index contributed by atoms with van der Waals surface area (Å²) >= 11 is 0. The number of esters is 1. The normalized spacial score (nSPS) is 32.0. The first-order valence-electron chi connectivity index (χ1n) is 8.44. The number of anilines is 1. The van der Waals surface area contributed by atoms with Crippen LogP contribution >= 0.6 is 0 Å². The first kappa shape index (κ1) is 14.7. The van der Waals surface area contributed by atoms with Gasteiger partial charge in [-0.3, -0.25) is 14.5 Å². The van der Waals surface area contributed by atoms with Gasteiger partial charge in [-0.05, 0) is 45.2 Å². The minimum absolute atomic E-state index is 0.0144. The standard InChI is InChI=1S/C18H22N2O3/c1-3-23-16(21)12-10-18(20-9-5-8-14(12)20)13-7-4-6-11(2)15(13)19-17(18)22/h4,6-7,12,14H,3,5,8-10H2,1-2H3,(H,19,22)/t12-,14+,18+/m0/s1. The molecule has 0 bridgehead atoms. The van der Waals surface area contributed by atoms with E-state index in [1.807, 2.05) is 32.0 Å². The number of fused-ring (bicyclic) bond motifs is 4. The third-order valence-corrected chi connectivity index (χ3v) is 5.69. The zero-order valence-electron chi connectivity index (χ0n) is 13.6. The van der Waals surface area contributed by atoms with Crippen molar-refractivity contribution in [1.82, 2.24) is 4.90 Å². The fraction of sp³-hybridized carbons (Fsp3) is 0.556. The maximum atomic E-state index is 13.0. The van der Waals surface area contributed by atoms with Crippen LogP contribution < -0.4 is 5.32 Å². The molecule has 1 aromatic carbocycles. The van der Waals surface area contributed by atoms with Crippen LogP contribution in [-0.2, 0) is 19.9 Å². The number of carbonyl (C=O) groups excluding carboxylic acids is 2. The minimum atomic E-state index is -0.694. The van der Waals surface area contributed by atoms with Crippen LogP contribution in [0.4, 0.5) is 5.69 Å². The van der Waals surface area contributed by atoms with Gasteiger partial charge in [-0.1, -0.05) is 18.2 Å². The number of hydrogen-bond acceptors (Lipinski definition) is 4. The fourth-order valence-corrected chi connectivity index (χ4v) is 4.75. The Balaban J connectivity index is 1.81. The van der Waals surface area contributed by atoms with E-state index < -0.39 is 5.54 Å². The molecule has 4 rings (SSSR count). The number of nitrogens with zero attached hydrogens (tertiary/aromatic N) is 1. The van der Waals surface area contributed by atoms with Crippen molar-refractivity contribution in [1.29, 1.82) is 0 Å². The third-order valence-electron chi connectivity index (χ3n) is 5.69. The molecular weight excluding hydrogens is 292 g/mol. The summed E-state index contributed by atoms with van der Waals surface area (Å²) in [7, 11) is 0. The summed E-state index contributed by atoms with van der Waals surface area (Å²) in [5.74, 6) is -0.356. The van der Waals surface area contributed by atoms with Crippen LogP contribution in [-0.4, -0.2) is 36.0 Å². The quantitative estimate of drug-likeness (QED) is 0.850. The van der Waals surface area contributed by atoms with Gasteiger partial charge >= 0.3 is 5.97 Å². The monoisotopic (exact) mass is 314 g/mol. The SMILES string of the molecule is CCOC(=O)[C@H]1C[C@@]2(C(=O)Nc3c(C)cccc32)N2CCC[C@H]12. The molecule has 1 spiro atoms. The number of aryl methyl sites for hydroxylation is 1. The molecule has 3 heterocycles. The molecule has 3 atom stereocenters. The van der Waals surface area contributed by atoms with E-state index in [-0.39, 0.29) is 23.8 Å². The van der Waals surface area contributed by atoms with E-state index in [2.05, 4.69) is 10.2 Å². The molecule has 1 aromatic rings. The largest absolute Gasteiger partial charge is 0.466 e. The Labute approximate surface area is 136 Å². The van der Waals surface area contributed by atoms with E-state index in [4.69, 9.17) is 4.74 Å². The summed E-state index contributed by atoms with van der Waals surface area (Å²) in [6, 6.07) is 6.16. The van der Waals surface area contributed by atoms with Crippen LogP contribution in [0.5, 0.6) is 0 Å². The van der Waals surface area contributed by atoms with Crippen LogP contribution in [0.2, 0.25) is 0 Å². The molecular formula is C18H22N2O3. The lowest BCUT2D eigenvalue weighted by atomic mass is 9.84. The number of hydrogen-bond donors (Lipinski definition) is 1. The van der Waals surface area contributed by atoms with Crippen molar-refractivity contribution in [2.24, 2.45) is 5.92 Å². The Kier molecular flexibility index (Phi) is 3.23. The highest BCUT2D eigenvalue weighted by atomic mass is 16.5. The first-order valence-corrected chi connectivity index (χ1v) is 8.44. The van der Waals surface area contributed by atoms with Crippen molar-refractivity contribution in [3.63, 3.8) is 0 Å². The van der Waals surface area contributed by atoms with E-state index in [0.29, 0.717) is 13.0 Å². The summed E-state index contributed by atoms with van der Waals surface area (Å²) in [6.07, 6.45) is 2.51. The molecule has 3 aliphatic rings. The second-order valence-corrected chi connectivity index (χ2v) is 6.78. The van der Waals surface area contributed by atoms with Gasteiger partial charge in [0.2, 0.25) is 5.91 Å². The lowest BCUT2D eigenvalue weighted by Crippen LogP contribution is -2.47. The molecule has 0 aromatic heterocycles. The Morgan fingerprint density at radius 2 is 2.30 bits per heavy atom. The zero-order valence-corrected chi connectivity index (χ0v) is 13.6. The molecule has 23 heavy (non-hydrogen) atoms. The smallest absolute Gasteiger partial charge is 0.310 e. The maximum absolute atomic E-state index is 13.0. The summed E-state index contributed by atoms with van der Waals surface area (Å²) in [5.41, 5.74) is 2.33. The van der Waals surface area contributed by atoms with Crippen LogP contribution in [0.1, 0.15) is 37.3 Å². The first-order chi connectivity index (χ1) is 11.1.